The van der Waals surface area contributed by atoms with Gasteiger partial charge in [-0.1, -0.05) is 0 Å². The topological polar surface area (TPSA) is 39.3 Å². The van der Waals surface area contributed by atoms with Crippen LogP contribution in [0.3, 0.4) is 0 Å². The minimum atomic E-state index is 0.318. The van der Waals surface area contributed by atoms with E-state index in [2.05, 4.69) is 41.8 Å². The molecule has 4 nitrogen and oxygen atoms in total. The summed E-state index contributed by atoms with van der Waals surface area (Å²) in [6.45, 7) is 6.63. The highest BCUT2D eigenvalue weighted by atomic mass is 15.7. The van der Waals surface area contributed by atoms with Crippen LogP contribution in [0.5, 0.6) is 0 Å². The summed E-state index contributed by atoms with van der Waals surface area (Å²) in [6, 6.07) is 1.23. The second-order valence-electron chi connectivity index (χ2n) is 3.98. The smallest absolute Gasteiger partial charge is 0.129 e. The van der Waals surface area contributed by atoms with E-state index in [4.69, 9.17) is 0 Å². The van der Waals surface area contributed by atoms with Gasteiger partial charge in [-0.05, 0) is 27.2 Å². The molecule has 2 saturated heterocycles. The van der Waals surface area contributed by atoms with Gasteiger partial charge in [0.25, 0.3) is 0 Å². The van der Waals surface area contributed by atoms with Crippen LogP contribution in [0.1, 0.15) is 27.2 Å². The number of hydrogen-bond acceptors (Lipinski definition) is 4. The van der Waals surface area contributed by atoms with E-state index in [1.807, 2.05) is 0 Å². The highest BCUT2D eigenvalue weighted by Gasteiger charge is 2.36. The Morgan fingerprint density at radius 2 is 1.92 bits per heavy atom. The Morgan fingerprint density at radius 3 is 2.67 bits per heavy atom. The Kier molecular flexibility index (Phi) is 2.08. The van der Waals surface area contributed by atoms with Crippen molar-refractivity contribution in [2.45, 2.75) is 51.7 Å². The van der Waals surface area contributed by atoms with Gasteiger partial charge in [0.2, 0.25) is 0 Å². The summed E-state index contributed by atoms with van der Waals surface area (Å²) in [4.78, 5) is 0. The third kappa shape index (κ3) is 1.35. The van der Waals surface area contributed by atoms with Gasteiger partial charge in [-0.2, -0.15) is 0 Å². The number of rotatable bonds is 0. The van der Waals surface area contributed by atoms with Gasteiger partial charge < -0.3 is 0 Å². The second kappa shape index (κ2) is 2.96. The SMILES string of the molecule is CC1CC(C)N2NC(C)NC2N1. The molecule has 3 N–H and O–H groups in total. The van der Waals surface area contributed by atoms with E-state index in [1.165, 1.54) is 6.42 Å². The average Bonchev–Trinajstić information content (AvgIpc) is 2.29. The van der Waals surface area contributed by atoms with Gasteiger partial charge in [0, 0.05) is 12.1 Å². The van der Waals surface area contributed by atoms with Crippen LogP contribution in [-0.2, 0) is 0 Å². The summed E-state index contributed by atoms with van der Waals surface area (Å²) < 4.78 is 0. The Morgan fingerprint density at radius 1 is 1.17 bits per heavy atom. The van der Waals surface area contributed by atoms with Crippen LogP contribution >= 0.6 is 0 Å². The number of fused-ring (bicyclic) bond motifs is 1. The molecule has 0 spiro atoms. The molecule has 0 saturated carbocycles. The molecule has 4 heteroatoms. The Labute approximate surface area is 73.7 Å². The summed E-state index contributed by atoms with van der Waals surface area (Å²) in [5.74, 6) is 0. The highest BCUT2D eigenvalue weighted by molar-refractivity contribution is 4.87. The number of nitrogens with zero attached hydrogens (tertiary/aromatic N) is 1. The second-order valence-corrected chi connectivity index (χ2v) is 3.98. The fourth-order valence-electron chi connectivity index (χ4n) is 2.13. The first-order chi connectivity index (χ1) is 5.66. The van der Waals surface area contributed by atoms with Gasteiger partial charge in [-0.3, -0.25) is 10.6 Å². The van der Waals surface area contributed by atoms with E-state index in [-0.39, 0.29) is 0 Å². The van der Waals surface area contributed by atoms with Crippen molar-refractivity contribution >= 4 is 0 Å². The molecule has 70 valence electrons. The Hall–Kier alpha value is -0.160. The van der Waals surface area contributed by atoms with Crippen LogP contribution in [0.15, 0.2) is 0 Å². The molecule has 2 rings (SSSR count). The molecular formula is C8H18N4. The van der Waals surface area contributed by atoms with Crippen molar-refractivity contribution in [3.63, 3.8) is 0 Å². The molecule has 4 atom stereocenters. The standard InChI is InChI=1S/C8H18N4/c1-5-4-6(2)12-8(9-5)10-7(3)11-12/h5-11H,4H2,1-3H3. The van der Waals surface area contributed by atoms with E-state index >= 15 is 0 Å². The molecule has 2 heterocycles. The van der Waals surface area contributed by atoms with Crippen LogP contribution in [0.25, 0.3) is 0 Å². The molecule has 2 aliphatic heterocycles. The fourth-order valence-corrected chi connectivity index (χ4v) is 2.13. The van der Waals surface area contributed by atoms with E-state index in [0.717, 1.165) is 0 Å². The van der Waals surface area contributed by atoms with Gasteiger partial charge >= 0.3 is 0 Å². The maximum atomic E-state index is 3.49. The van der Waals surface area contributed by atoms with Crippen molar-refractivity contribution in [2.75, 3.05) is 0 Å². The summed E-state index contributed by atoms with van der Waals surface area (Å²) in [7, 11) is 0. The zero-order valence-electron chi connectivity index (χ0n) is 7.96. The van der Waals surface area contributed by atoms with Gasteiger partial charge in [0.1, 0.15) is 6.29 Å². The first-order valence-corrected chi connectivity index (χ1v) is 4.73. The van der Waals surface area contributed by atoms with Crippen LogP contribution in [0, 0.1) is 0 Å². The predicted octanol–water partition coefficient (Wildman–Crippen LogP) is -0.204. The molecule has 2 fully saturated rings. The summed E-state index contributed by atoms with van der Waals surface area (Å²) in [5.41, 5.74) is 3.39. The molecule has 0 bridgehead atoms. The van der Waals surface area contributed by atoms with Crippen molar-refractivity contribution in [1.29, 1.82) is 0 Å². The quantitative estimate of drug-likeness (QED) is 0.471. The average molecular weight is 170 g/mol. The van der Waals surface area contributed by atoms with Crippen molar-refractivity contribution < 1.29 is 0 Å². The molecule has 0 aromatic rings. The van der Waals surface area contributed by atoms with Gasteiger partial charge in [0.05, 0.1) is 6.17 Å². The van der Waals surface area contributed by atoms with Crippen LogP contribution in [0.4, 0.5) is 0 Å². The highest BCUT2D eigenvalue weighted by Crippen LogP contribution is 2.16. The van der Waals surface area contributed by atoms with E-state index in [0.29, 0.717) is 24.5 Å². The predicted molar refractivity (Wildman–Crippen MR) is 48.0 cm³/mol. The summed E-state index contributed by atoms with van der Waals surface area (Å²) in [5, 5.41) is 9.18. The maximum absolute atomic E-state index is 3.49. The first-order valence-electron chi connectivity index (χ1n) is 4.73. The number of nitrogens with one attached hydrogen (secondary N) is 3. The van der Waals surface area contributed by atoms with Gasteiger partial charge in [-0.15, -0.1) is 0 Å². The molecule has 0 radical (unpaired) electrons. The molecule has 12 heavy (non-hydrogen) atoms. The minimum absolute atomic E-state index is 0.318. The number of hydrogen-bond donors (Lipinski definition) is 3. The zero-order chi connectivity index (χ0) is 8.72. The van der Waals surface area contributed by atoms with Crippen molar-refractivity contribution in [3.05, 3.63) is 0 Å². The third-order valence-electron chi connectivity index (χ3n) is 2.64. The lowest BCUT2D eigenvalue weighted by molar-refractivity contribution is 0.0461. The monoisotopic (exact) mass is 170 g/mol. The summed E-state index contributed by atoms with van der Waals surface area (Å²) in [6.07, 6.45) is 1.91. The number of hydrazine groups is 1. The van der Waals surface area contributed by atoms with Gasteiger partial charge in [-0.25, -0.2) is 10.4 Å². The molecule has 0 aliphatic carbocycles. The van der Waals surface area contributed by atoms with Crippen LogP contribution in [0.2, 0.25) is 0 Å². The van der Waals surface area contributed by atoms with E-state index < -0.39 is 0 Å². The van der Waals surface area contributed by atoms with E-state index in [9.17, 15) is 0 Å². The molecule has 0 aromatic carbocycles. The third-order valence-corrected chi connectivity index (χ3v) is 2.64. The molecule has 4 unspecified atom stereocenters. The lowest BCUT2D eigenvalue weighted by Crippen LogP contribution is -2.61. The fraction of sp³-hybridized carbons (Fsp3) is 1.00. The van der Waals surface area contributed by atoms with Crippen molar-refractivity contribution in [1.82, 2.24) is 21.1 Å². The largest absolute Gasteiger partial charge is 0.286 e. The normalized spacial score (nSPS) is 49.2. The first kappa shape index (κ1) is 8.44. The summed E-state index contributed by atoms with van der Waals surface area (Å²) >= 11 is 0. The molecule has 0 amide bonds. The van der Waals surface area contributed by atoms with Crippen molar-refractivity contribution in [2.24, 2.45) is 0 Å². The Balaban J connectivity index is 2.05. The molecule has 0 aromatic heterocycles. The van der Waals surface area contributed by atoms with Crippen LogP contribution in [-0.4, -0.2) is 29.5 Å². The van der Waals surface area contributed by atoms with E-state index in [1.54, 1.807) is 0 Å². The maximum Gasteiger partial charge on any atom is 0.129 e. The van der Waals surface area contributed by atoms with Crippen LogP contribution < -0.4 is 16.1 Å². The Bertz CT molecular complexity index is 172. The van der Waals surface area contributed by atoms with Crippen molar-refractivity contribution in [3.8, 4) is 0 Å². The van der Waals surface area contributed by atoms with Gasteiger partial charge in [0.15, 0.2) is 0 Å². The molecular weight excluding hydrogens is 152 g/mol. The molecule has 2 aliphatic rings. The zero-order valence-corrected chi connectivity index (χ0v) is 7.96. The minimum Gasteiger partial charge on any atom is -0.286 e. The lowest BCUT2D eigenvalue weighted by Gasteiger charge is -2.38. The lowest BCUT2D eigenvalue weighted by atomic mass is 10.1.